The molecule has 7 heteroatoms. The fraction of sp³-hybridized carbons (Fsp3) is 0.364. The summed E-state index contributed by atoms with van der Waals surface area (Å²) in [7, 11) is -3.74. The number of carbonyl (C=O) groups excluding carboxylic acids is 1. The van der Waals surface area contributed by atoms with Crippen molar-refractivity contribution >= 4 is 15.9 Å². The van der Waals surface area contributed by atoms with Crippen LogP contribution in [-0.2, 0) is 14.8 Å². The molecule has 98 valence electrons. The van der Waals surface area contributed by atoms with Crippen molar-refractivity contribution in [2.75, 3.05) is 26.4 Å². The molecular formula is C11H13NO5S. The fourth-order valence-electron chi connectivity index (χ4n) is 1.77. The zero-order valence-corrected chi connectivity index (χ0v) is 10.4. The van der Waals surface area contributed by atoms with E-state index in [2.05, 4.69) is 0 Å². The quantitative estimate of drug-likeness (QED) is 0.752. The second-order valence-corrected chi connectivity index (χ2v) is 5.55. The number of hydrogen-bond acceptors (Lipinski definition) is 5. The van der Waals surface area contributed by atoms with Crippen LogP contribution in [0.1, 0.15) is 10.4 Å². The van der Waals surface area contributed by atoms with E-state index in [-0.39, 0.29) is 36.8 Å². The predicted molar refractivity (Wildman–Crippen MR) is 62.6 cm³/mol. The highest BCUT2D eigenvalue weighted by Gasteiger charge is 2.40. The molecule has 18 heavy (non-hydrogen) atoms. The zero-order chi connectivity index (χ0) is 13.2. The Kier molecular flexibility index (Phi) is 3.65. The Morgan fingerprint density at radius 2 is 1.94 bits per heavy atom. The van der Waals surface area contributed by atoms with Gasteiger partial charge in [-0.25, -0.2) is 12.7 Å². The number of hydrogen-bond donors (Lipinski definition) is 1. The van der Waals surface area contributed by atoms with E-state index in [1.807, 2.05) is 0 Å². The van der Waals surface area contributed by atoms with E-state index < -0.39 is 15.9 Å². The number of sulfonamides is 1. The first-order valence-corrected chi connectivity index (χ1v) is 6.87. The van der Waals surface area contributed by atoms with Crippen LogP contribution in [0, 0.1) is 0 Å². The smallest absolute Gasteiger partial charge is 0.269 e. The Labute approximate surface area is 105 Å². The van der Waals surface area contributed by atoms with Gasteiger partial charge < -0.3 is 9.84 Å². The summed E-state index contributed by atoms with van der Waals surface area (Å²) in [4.78, 5) is 12.0. The van der Waals surface area contributed by atoms with Crippen LogP contribution in [0.5, 0.6) is 0 Å². The van der Waals surface area contributed by atoms with Gasteiger partial charge in [0.15, 0.2) is 0 Å². The monoisotopic (exact) mass is 271 g/mol. The lowest BCUT2D eigenvalue weighted by Crippen LogP contribution is -2.33. The molecule has 2 rings (SSSR count). The maximum atomic E-state index is 12.1. The summed E-state index contributed by atoms with van der Waals surface area (Å²) in [5.74, 6) is -0.529. The van der Waals surface area contributed by atoms with Crippen molar-refractivity contribution in [3.63, 3.8) is 0 Å². The Morgan fingerprint density at radius 3 is 2.61 bits per heavy atom. The van der Waals surface area contributed by atoms with Crippen molar-refractivity contribution in [2.45, 2.75) is 4.90 Å². The van der Waals surface area contributed by atoms with Gasteiger partial charge in [-0.05, 0) is 12.1 Å². The molecule has 0 fully saturated rings. The molecule has 1 N–H and O–H groups in total. The Morgan fingerprint density at radius 1 is 1.22 bits per heavy atom. The van der Waals surface area contributed by atoms with Crippen LogP contribution < -0.4 is 0 Å². The van der Waals surface area contributed by atoms with Gasteiger partial charge in [0.25, 0.3) is 15.9 Å². The van der Waals surface area contributed by atoms with Crippen LogP contribution in [0.3, 0.4) is 0 Å². The first kappa shape index (κ1) is 13.0. The number of rotatable bonds is 5. The summed E-state index contributed by atoms with van der Waals surface area (Å²) in [5.41, 5.74) is 0.194. The summed E-state index contributed by atoms with van der Waals surface area (Å²) in [6, 6.07) is 6.11. The largest absolute Gasteiger partial charge is 0.394 e. The number of aliphatic hydroxyl groups is 1. The maximum Gasteiger partial charge on any atom is 0.269 e. The van der Waals surface area contributed by atoms with Crippen LogP contribution in [-0.4, -0.2) is 50.1 Å². The number of amides is 1. The topological polar surface area (TPSA) is 83.9 Å². The van der Waals surface area contributed by atoms with Crippen molar-refractivity contribution in [1.82, 2.24) is 4.31 Å². The lowest BCUT2D eigenvalue weighted by atomic mass is 10.2. The molecule has 0 aliphatic carbocycles. The molecule has 0 atom stereocenters. The summed E-state index contributed by atoms with van der Waals surface area (Å²) in [5, 5.41) is 8.53. The normalized spacial score (nSPS) is 16.9. The third-order valence-electron chi connectivity index (χ3n) is 2.59. The highest BCUT2D eigenvalue weighted by Crippen LogP contribution is 2.29. The van der Waals surface area contributed by atoms with Gasteiger partial charge >= 0.3 is 0 Å². The average Bonchev–Trinajstić information content (AvgIpc) is 2.55. The van der Waals surface area contributed by atoms with Crippen molar-refractivity contribution in [3.05, 3.63) is 29.8 Å². The van der Waals surface area contributed by atoms with Gasteiger partial charge in [0.2, 0.25) is 0 Å². The van der Waals surface area contributed by atoms with Gasteiger partial charge in [0.1, 0.15) is 4.90 Å². The van der Waals surface area contributed by atoms with E-state index in [1.54, 1.807) is 12.1 Å². The molecule has 0 unspecified atom stereocenters. The molecule has 0 saturated carbocycles. The van der Waals surface area contributed by atoms with Crippen molar-refractivity contribution in [1.29, 1.82) is 0 Å². The number of ether oxygens (including phenoxy) is 1. The van der Waals surface area contributed by atoms with Crippen molar-refractivity contribution in [3.8, 4) is 0 Å². The lowest BCUT2D eigenvalue weighted by molar-refractivity contribution is 0.0717. The Hall–Kier alpha value is -1.44. The molecule has 0 aromatic heterocycles. The Bertz CT molecular complexity index is 554. The summed E-state index contributed by atoms with van der Waals surface area (Å²) in [6.07, 6.45) is 0. The molecular weight excluding hydrogens is 258 g/mol. The standard InChI is InChI=1S/C11H13NO5S/c13-6-8-17-7-5-12-11(14)9-3-1-2-4-10(9)18(12,15)16/h1-4,13H,5-8H2. The zero-order valence-electron chi connectivity index (χ0n) is 9.57. The van der Waals surface area contributed by atoms with Gasteiger partial charge in [-0.15, -0.1) is 0 Å². The van der Waals surface area contributed by atoms with Crippen LogP contribution in [0.15, 0.2) is 29.2 Å². The highest BCUT2D eigenvalue weighted by molar-refractivity contribution is 7.90. The number of benzene rings is 1. The second-order valence-electron chi connectivity index (χ2n) is 3.71. The number of carbonyl (C=O) groups is 1. The van der Waals surface area contributed by atoms with E-state index >= 15 is 0 Å². The molecule has 1 aromatic carbocycles. The van der Waals surface area contributed by atoms with E-state index in [9.17, 15) is 13.2 Å². The first-order chi connectivity index (χ1) is 8.59. The summed E-state index contributed by atoms with van der Waals surface area (Å²) >= 11 is 0. The van der Waals surface area contributed by atoms with Gasteiger partial charge in [-0.3, -0.25) is 4.79 Å². The van der Waals surface area contributed by atoms with Gasteiger partial charge in [-0.1, -0.05) is 12.1 Å². The molecule has 1 aliphatic rings. The minimum Gasteiger partial charge on any atom is -0.394 e. The van der Waals surface area contributed by atoms with Gasteiger partial charge in [-0.2, -0.15) is 0 Å². The van der Waals surface area contributed by atoms with Gasteiger partial charge in [0.05, 0.1) is 31.9 Å². The number of nitrogens with zero attached hydrogens (tertiary/aromatic N) is 1. The molecule has 0 saturated heterocycles. The van der Waals surface area contributed by atoms with E-state index in [1.165, 1.54) is 12.1 Å². The van der Waals surface area contributed by atoms with Crippen molar-refractivity contribution < 1.29 is 23.1 Å². The third kappa shape index (κ3) is 2.12. The molecule has 6 nitrogen and oxygen atoms in total. The van der Waals surface area contributed by atoms with Crippen LogP contribution >= 0.6 is 0 Å². The van der Waals surface area contributed by atoms with E-state index in [0.717, 1.165) is 4.31 Å². The predicted octanol–water partition coefficient (Wildman–Crippen LogP) is -0.160. The number of fused-ring (bicyclic) bond motifs is 1. The fourth-order valence-corrected chi connectivity index (χ4v) is 3.32. The molecule has 0 spiro atoms. The second kappa shape index (κ2) is 5.05. The minimum absolute atomic E-state index is 0.0390. The first-order valence-electron chi connectivity index (χ1n) is 5.43. The molecule has 1 amide bonds. The summed E-state index contributed by atoms with van der Waals surface area (Å²) in [6.45, 7) is 0.00527. The molecule has 0 bridgehead atoms. The van der Waals surface area contributed by atoms with Crippen molar-refractivity contribution in [2.24, 2.45) is 0 Å². The molecule has 1 aromatic rings. The van der Waals surface area contributed by atoms with E-state index in [4.69, 9.17) is 9.84 Å². The minimum atomic E-state index is -3.74. The van der Waals surface area contributed by atoms with E-state index in [0.29, 0.717) is 0 Å². The summed E-state index contributed by atoms with van der Waals surface area (Å²) < 4.78 is 29.9. The highest BCUT2D eigenvalue weighted by atomic mass is 32.2. The average molecular weight is 271 g/mol. The number of aliphatic hydroxyl groups excluding tert-OH is 1. The third-order valence-corrected chi connectivity index (χ3v) is 4.43. The molecule has 0 radical (unpaired) electrons. The Balaban J connectivity index is 2.18. The lowest BCUT2D eigenvalue weighted by Gasteiger charge is -2.14. The van der Waals surface area contributed by atoms with Crippen LogP contribution in [0.4, 0.5) is 0 Å². The molecule has 1 heterocycles. The maximum absolute atomic E-state index is 12.1. The van der Waals surface area contributed by atoms with Gasteiger partial charge in [0, 0.05) is 0 Å². The molecule has 1 aliphatic heterocycles. The SMILES string of the molecule is O=C1c2ccccc2S(=O)(=O)N1CCOCCO. The van der Waals surface area contributed by atoms with Crippen LogP contribution in [0.2, 0.25) is 0 Å². The van der Waals surface area contributed by atoms with Crippen LogP contribution in [0.25, 0.3) is 0 Å².